The molecule has 1 aromatic rings. The maximum Gasteiger partial charge on any atom is 0.217 e. The van der Waals surface area contributed by atoms with Crippen LogP contribution in [0.3, 0.4) is 0 Å². The Morgan fingerprint density at radius 3 is 2.92 bits per heavy atom. The van der Waals surface area contributed by atoms with Crippen LogP contribution >= 0.6 is 0 Å². The predicted molar refractivity (Wildman–Crippen MR) is 102 cm³/mol. The summed E-state index contributed by atoms with van der Waals surface area (Å²) in [5.41, 5.74) is 3.61. The van der Waals surface area contributed by atoms with Crippen LogP contribution in [0.15, 0.2) is 36.4 Å². The highest BCUT2D eigenvalue weighted by molar-refractivity contribution is 5.76. The number of carbonyl (C=O) groups excluding carboxylic acids is 1. The van der Waals surface area contributed by atoms with E-state index >= 15 is 0 Å². The van der Waals surface area contributed by atoms with E-state index in [-0.39, 0.29) is 24.2 Å². The molecular formula is C22H27NO3. The molecular weight excluding hydrogens is 326 g/mol. The molecule has 0 radical (unpaired) electrons. The Morgan fingerprint density at radius 2 is 2.23 bits per heavy atom. The summed E-state index contributed by atoms with van der Waals surface area (Å²) in [5.74, 6) is 1.72. The van der Waals surface area contributed by atoms with Crippen LogP contribution in [0.5, 0.6) is 5.75 Å². The molecule has 1 aromatic carbocycles. The second-order valence-electron chi connectivity index (χ2n) is 7.74. The fourth-order valence-electron chi connectivity index (χ4n) is 3.61. The third kappa shape index (κ3) is 4.01. The number of fused-ring (bicyclic) bond motifs is 1. The molecule has 1 aliphatic heterocycles. The number of benzene rings is 1. The Balaban J connectivity index is 1.38. The number of rotatable bonds is 6. The molecule has 26 heavy (non-hydrogen) atoms. The molecule has 0 spiro atoms. The largest absolute Gasteiger partial charge is 0.488 e. The molecule has 0 saturated heterocycles. The molecule has 1 heterocycles. The van der Waals surface area contributed by atoms with Gasteiger partial charge in [-0.25, -0.2) is 0 Å². The molecule has 2 aliphatic carbocycles. The minimum atomic E-state index is -0.0197. The SMILES string of the molecule is CC(=O)N[C@H](C)[C@H]1Cc2ccc(C3=CCC(OCC4CC4)C=C3)cc2O1. The topological polar surface area (TPSA) is 47.6 Å². The highest BCUT2D eigenvalue weighted by atomic mass is 16.5. The smallest absolute Gasteiger partial charge is 0.217 e. The predicted octanol–water partition coefficient (Wildman–Crippen LogP) is 3.65. The molecule has 1 fully saturated rings. The summed E-state index contributed by atoms with van der Waals surface area (Å²) >= 11 is 0. The van der Waals surface area contributed by atoms with Gasteiger partial charge in [0, 0.05) is 13.3 Å². The lowest BCUT2D eigenvalue weighted by Gasteiger charge is -2.19. The Kier molecular flexibility index (Phi) is 4.86. The van der Waals surface area contributed by atoms with E-state index in [2.05, 4.69) is 41.7 Å². The number of nitrogens with one attached hydrogen (secondary N) is 1. The average molecular weight is 353 g/mol. The van der Waals surface area contributed by atoms with Gasteiger partial charge in [-0.05, 0) is 54.9 Å². The first-order valence-corrected chi connectivity index (χ1v) is 9.65. The molecule has 4 heteroatoms. The first-order valence-electron chi connectivity index (χ1n) is 9.65. The van der Waals surface area contributed by atoms with Crippen molar-refractivity contribution in [3.05, 3.63) is 47.6 Å². The molecule has 4 nitrogen and oxygen atoms in total. The van der Waals surface area contributed by atoms with E-state index in [9.17, 15) is 4.79 Å². The van der Waals surface area contributed by atoms with Crippen LogP contribution < -0.4 is 10.1 Å². The highest BCUT2D eigenvalue weighted by Gasteiger charge is 2.28. The van der Waals surface area contributed by atoms with E-state index in [0.717, 1.165) is 31.1 Å². The van der Waals surface area contributed by atoms with Gasteiger partial charge in [0.05, 0.1) is 18.8 Å². The number of hydrogen-bond donors (Lipinski definition) is 1. The van der Waals surface area contributed by atoms with Gasteiger partial charge >= 0.3 is 0 Å². The van der Waals surface area contributed by atoms with Gasteiger partial charge in [-0.1, -0.05) is 30.4 Å². The number of hydrogen-bond acceptors (Lipinski definition) is 3. The van der Waals surface area contributed by atoms with Gasteiger partial charge in [-0.2, -0.15) is 0 Å². The molecule has 3 aliphatic rings. The maximum absolute atomic E-state index is 11.3. The van der Waals surface area contributed by atoms with E-state index in [1.54, 1.807) is 6.92 Å². The maximum atomic E-state index is 11.3. The Labute approximate surface area is 155 Å². The van der Waals surface area contributed by atoms with Crippen molar-refractivity contribution in [2.45, 2.75) is 57.8 Å². The molecule has 0 bridgehead atoms. The van der Waals surface area contributed by atoms with E-state index < -0.39 is 0 Å². The molecule has 1 N–H and O–H groups in total. The Morgan fingerprint density at radius 1 is 1.38 bits per heavy atom. The molecule has 3 atom stereocenters. The molecule has 1 unspecified atom stereocenters. The molecule has 138 valence electrons. The second kappa shape index (κ2) is 7.28. The number of allylic oxidation sites excluding steroid dienone is 2. The summed E-state index contributed by atoms with van der Waals surface area (Å²) in [5, 5.41) is 2.93. The molecule has 4 rings (SSSR count). The summed E-state index contributed by atoms with van der Waals surface area (Å²) in [6.45, 7) is 4.44. The van der Waals surface area contributed by atoms with Crippen LogP contribution in [-0.4, -0.2) is 30.8 Å². The van der Waals surface area contributed by atoms with Gasteiger partial charge in [0.2, 0.25) is 5.91 Å². The Bertz CT molecular complexity index is 748. The summed E-state index contributed by atoms with van der Waals surface area (Å²) < 4.78 is 12.0. The lowest BCUT2D eigenvalue weighted by atomic mass is 9.96. The van der Waals surface area contributed by atoms with Crippen molar-refractivity contribution < 1.29 is 14.3 Å². The van der Waals surface area contributed by atoms with Crippen molar-refractivity contribution in [3.63, 3.8) is 0 Å². The van der Waals surface area contributed by atoms with Gasteiger partial charge < -0.3 is 14.8 Å². The number of carbonyl (C=O) groups is 1. The summed E-state index contributed by atoms with van der Waals surface area (Å²) in [4.78, 5) is 11.3. The van der Waals surface area contributed by atoms with Gasteiger partial charge in [0.15, 0.2) is 0 Å². The highest BCUT2D eigenvalue weighted by Crippen LogP contribution is 2.34. The first-order chi connectivity index (χ1) is 12.6. The lowest BCUT2D eigenvalue weighted by Crippen LogP contribution is -2.42. The number of ether oxygens (including phenoxy) is 2. The molecule has 1 saturated carbocycles. The van der Waals surface area contributed by atoms with E-state index in [4.69, 9.17) is 9.47 Å². The monoisotopic (exact) mass is 353 g/mol. The molecule has 0 aromatic heterocycles. The van der Waals surface area contributed by atoms with Crippen molar-refractivity contribution in [2.75, 3.05) is 6.61 Å². The summed E-state index contributed by atoms with van der Waals surface area (Å²) in [6, 6.07) is 6.43. The zero-order valence-electron chi connectivity index (χ0n) is 15.5. The minimum Gasteiger partial charge on any atom is -0.488 e. The van der Waals surface area contributed by atoms with Gasteiger partial charge in [0.1, 0.15) is 11.9 Å². The van der Waals surface area contributed by atoms with Crippen molar-refractivity contribution in [1.29, 1.82) is 0 Å². The van der Waals surface area contributed by atoms with Crippen LogP contribution in [0.4, 0.5) is 0 Å². The summed E-state index contributed by atoms with van der Waals surface area (Å²) in [7, 11) is 0. The Hall–Kier alpha value is -2.07. The quantitative estimate of drug-likeness (QED) is 0.849. The fourth-order valence-corrected chi connectivity index (χ4v) is 3.61. The van der Waals surface area contributed by atoms with Crippen LogP contribution in [0.2, 0.25) is 0 Å². The average Bonchev–Trinajstić information content (AvgIpc) is 3.36. The zero-order chi connectivity index (χ0) is 18.1. The third-order valence-corrected chi connectivity index (χ3v) is 5.39. The van der Waals surface area contributed by atoms with Crippen LogP contribution in [0, 0.1) is 5.92 Å². The van der Waals surface area contributed by atoms with Crippen LogP contribution in [-0.2, 0) is 16.0 Å². The summed E-state index contributed by atoms with van der Waals surface area (Å²) in [6.07, 6.45) is 11.2. The standard InChI is InChI=1S/C22H27NO3/c1-14(23-15(2)24)21-12-19-6-5-18(11-22(19)26-21)17-7-9-20(10-8-17)25-13-16-3-4-16/h5-9,11,14,16,20-21H,3-4,10,12-13H2,1-2H3,(H,23,24)/t14-,20?,21-/m1/s1. The first kappa shape index (κ1) is 17.3. The van der Waals surface area contributed by atoms with Gasteiger partial charge in [-0.3, -0.25) is 4.79 Å². The van der Waals surface area contributed by atoms with E-state index in [1.165, 1.54) is 29.5 Å². The number of amides is 1. The minimum absolute atomic E-state index is 0.000215. The normalized spacial score (nSPS) is 25.2. The third-order valence-electron chi connectivity index (χ3n) is 5.39. The second-order valence-corrected chi connectivity index (χ2v) is 7.74. The molecule has 1 amide bonds. The van der Waals surface area contributed by atoms with E-state index in [1.807, 2.05) is 6.92 Å². The van der Waals surface area contributed by atoms with Gasteiger partial charge in [0.25, 0.3) is 0 Å². The van der Waals surface area contributed by atoms with E-state index in [0.29, 0.717) is 0 Å². The van der Waals surface area contributed by atoms with Crippen molar-refractivity contribution in [3.8, 4) is 5.75 Å². The fraction of sp³-hybridized carbons (Fsp3) is 0.500. The van der Waals surface area contributed by atoms with Crippen LogP contribution in [0.1, 0.15) is 44.2 Å². The van der Waals surface area contributed by atoms with Gasteiger partial charge in [-0.15, -0.1) is 0 Å². The van der Waals surface area contributed by atoms with Crippen molar-refractivity contribution in [2.24, 2.45) is 5.92 Å². The van der Waals surface area contributed by atoms with Crippen molar-refractivity contribution in [1.82, 2.24) is 5.32 Å². The van der Waals surface area contributed by atoms with Crippen LogP contribution in [0.25, 0.3) is 5.57 Å². The van der Waals surface area contributed by atoms with Crippen molar-refractivity contribution >= 4 is 11.5 Å². The lowest BCUT2D eigenvalue weighted by molar-refractivity contribution is -0.120. The zero-order valence-corrected chi connectivity index (χ0v) is 15.5.